The zero-order valence-electron chi connectivity index (χ0n) is 5.08. The van der Waals surface area contributed by atoms with Gasteiger partial charge in [0.1, 0.15) is 5.78 Å². The summed E-state index contributed by atoms with van der Waals surface area (Å²) in [5.74, 6) is 0.572. The highest BCUT2D eigenvalue weighted by molar-refractivity contribution is 5.92. The predicted molar refractivity (Wildman–Crippen MR) is 33.7 cm³/mol. The first kappa shape index (κ1) is 5.18. The first-order chi connectivity index (χ1) is 4.29. The van der Waals surface area contributed by atoms with Crippen molar-refractivity contribution in [3.05, 3.63) is 12.2 Å². The van der Waals surface area contributed by atoms with Gasteiger partial charge in [-0.2, -0.15) is 0 Å². The highest BCUT2D eigenvalue weighted by atomic mass is 16.1. The molecule has 0 aromatic carbocycles. The number of carbonyl (C=O) groups excluding carboxylic acids is 1. The van der Waals surface area contributed by atoms with E-state index in [9.17, 15) is 4.79 Å². The molecule has 3 atom stereocenters. The van der Waals surface area contributed by atoms with Crippen LogP contribution in [0.4, 0.5) is 0 Å². The fraction of sp³-hybridized carbons (Fsp3) is 0.571. The SMILES string of the molecule is N[C@@H]1C[C@H]2C=C[C@H]1C2=O. The van der Waals surface area contributed by atoms with Gasteiger partial charge in [0.25, 0.3) is 0 Å². The summed E-state index contributed by atoms with van der Waals surface area (Å²) in [6.45, 7) is 0. The molecule has 2 bridgehead atoms. The second-order valence-electron chi connectivity index (χ2n) is 2.82. The summed E-state index contributed by atoms with van der Waals surface area (Å²) in [5.41, 5.74) is 5.64. The molecule has 2 N–H and O–H groups in total. The van der Waals surface area contributed by atoms with Gasteiger partial charge in [-0.15, -0.1) is 0 Å². The highest BCUT2D eigenvalue weighted by Crippen LogP contribution is 2.34. The van der Waals surface area contributed by atoms with Gasteiger partial charge in [-0.1, -0.05) is 12.2 Å². The minimum atomic E-state index is 0.0648. The molecule has 0 saturated heterocycles. The molecule has 2 nitrogen and oxygen atoms in total. The van der Waals surface area contributed by atoms with Crippen LogP contribution in [0.1, 0.15) is 6.42 Å². The number of hydrogen-bond donors (Lipinski definition) is 1. The van der Waals surface area contributed by atoms with Crippen molar-refractivity contribution in [2.75, 3.05) is 0 Å². The Morgan fingerprint density at radius 3 is 2.56 bits per heavy atom. The minimum Gasteiger partial charge on any atom is -0.327 e. The number of Topliss-reactive ketones (excluding diaryl/α,β-unsaturated/α-hetero) is 1. The van der Waals surface area contributed by atoms with Crippen LogP contribution < -0.4 is 5.73 Å². The van der Waals surface area contributed by atoms with Crippen LogP contribution in [-0.4, -0.2) is 11.8 Å². The Balaban J connectivity index is 2.36. The van der Waals surface area contributed by atoms with Gasteiger partial charge in [0.05, 0.1) is 5.92 Å². The molecule has 48 valence electrons. The standard InChI is InChI=1S/C7H9NO/c8-6-3-4-1-2-5(6)7(4)9/h1-2,4-6H,3,8H2/t4-,5-,6-/m1/s1. The Hall–Kier alpha value is -0.630. The average molecular weight is 123 g/mol. The van der Waals surface area contributed by atoms with E-state index in [2.05, 4.69) is 0 Å². The topological polar surface area (TPSA) is 43.1 Å². The Kier molecular flexibility index (Phi) is 0.833. The summed E-state index contributed by atoms with van der Waals surface area (Å²) in [5, 5.41) is 0. The summed E-state index contributed by atoms with van der Waals surface area (Å²) in [6.07, 6.45) is 4.80. The quantitative estimate of drug-likeness (QED) is 0.464. The zero-order chi connectivity index (χ0) is 6.43. The van der Waals surface area contributed by atoms with Crippen molar-refractivity contribution in [3.8, 4) is 0 Å². The average Bonchev–Trinajstić information content (AvgIpc) is 2.25. The van der Waals surface area contributed by atoms with Crippen LogP contribution in [0.25, 0.3) is 0 Å². The fourth-order valence-corrected chi connectivity index (χ4v) is 1.68. The second kappa shape index (κ2) is 1.45. The van der Waals surface area contributed by atoms with Gasteiger partial charge in [0.2, 0.25) is 0 Å². The molecule has 2 aliphatic carbocycles. The van der Waals surface area contributed by atoms with Crippen molar-refractivity contribution in [2.24, 2.45) is 17.6 Å². The number of hydrogen-bond acceptors (Lipinski definition) is 2. The Bertz CT molecular complexity index is 185. The van der Waals surface area contributed by atoms with Crippen molar-refractivity contribution in [1.29, 1.82) is 0 Å². The summed E-state index contributed by atoms with van der Waals surface area (Å²) in [6, 6.07) is 0.118. The number of ketones is 1. The van der Waals surface area contributed by atoms with Crippen LogP contribution in [0.15, 0.2) is 12.2 Å². The van der Waals surface area contributed by atoms with E-state index in [-0.39, 0.29) is 17.9 Å². The van der Waals surface area contributed by atoms with Crippen LogP contribution in [0.5, 0.6) is 0 Å². The highest BCUT2D eigenvalue weighted by Gasteiger charge is 2.41. The lowest BCUT2D eigenvalue weighted by Gasteiger charge is -2.08. The lowest BCUT2D eigenvalue weighted by Crippen LogP contribution is -2.25. The van der Waals surface area contributed by atoms with Gasteiger partial charge in [0.15, 0.2) is 0 Å². The van der Waals surface area contributed by atoms with Gasteiger partial charge < -0.3 is 5.73 Å². The summed E-state index contributed by atoms with van der Waals surface area (Å²) < 4.78 is 0. The van der Waals surface area contributed by atoms with Crippen molar-refractivity contribution in [1.82, 2.24) is 0 Å². The van der Waals surface area contributed by atoms with Gasteiger partial charge in [0, 0.05) is 12.0 Å². The summed E-state index contributed by atoms with van der Waals surface area (Å²) >= 11 is 0. The number of fused-ring (bicyclic) bond motifs is 2. The summed E-state index contributed by atoms with van der Waals surface area (Å²) in [7, 11) is 0. The zero-order valence-corrected chi connectivity index (χ0v) is 5.08. The maximum absolute atomic E-state index is 11.0. The lowest BCUT2D eigenvalue weighted by molar-refractivity contribution is -0.120. The Labute approximate surface area is 53.7 Å². The number of carbonyl (C=O) groups is 1. The third-order valence-corrected chi connectivity index (χ3v) is 2.23. The molecule has 0 amide bonds. The third-order valence-electron chi connectivity index (χ3n) is 2.23. The Morgan fingerprint density at radius 2 is 2.33 bits per heavy atom. The van der Waals surface area contributed by atoms with E-state index in [0.29, 0.717) is 5.78 Å². The maximum Gasteiger partial charge on any atom is 0.148 e. The van der Waals surface area contributed by atoms with E-state index < -0.39 is 0 Å². The third kappa shape index (κ3) is 0.512. The molecular formula is C7H9NO. The van der Waals surface area contributed by atoms with Crippen LogP contribution in [-0.2, 0) is 4.79 Å². The van der Waals surface area contributed by atoms with Gasteiger partial charge >= 0.3 is 0 Å². The van der Waals surface area contributed by atoms with Crippen LogP contribution in [0, 0.1) is 11.8 Å². The van der Waals surface area contributed by atoms with Gasteiger partial charge in [-0.3, -0.25) is 4.79 Å². The molecule has 0 spiro atoms. The van der Waals surface area contributed by atoms with E-state index in [4.69, 9.17) is 5.73 Å². The molecule has 0 heterocycles. The monoisotopic (exact) mass is 123 g/mol. The fourth-order valence-electron chi connectivity index (χ4n) is 1.68. The molecule has 2 heteroatoms. The molecule has 1 fully saturated rings. The predicted octanol–water partition coefficient (Wildman–Crippen LogP) is 0.0887. The second-order valence-corrected chi connectivity index (χ2v) is 2.82. The molecule has 0 radical (unpaired) electrons. The number of rotatable bonds is 0. The molecule has 0 aromatic heterocycles. The molecule has 0 aromatic rings. The summed E-state index contributed by atoms with van der Waals surface area (Å²) in [4.78, 5) is 11.0. The molecule has 2 aliphatic rings. The van der Waals surface area contributed by atoms with Crippen molar-refractivity contribution < 1.29 is 4.79 Å². The van der Waals surface area contributed by atoms with Crippen molar-refractivity contribution >= 4 is 5.78 Å². The van der Waals surface area contributed by atoms with Crippen molar-refractivity contribution in [3.63, 3.8) is 0 Å². The smallest absolute Gasteiger partial charge is 0.148 e. The molecule has 0 unspecified atom stereocenters. The van der Waals surface area contributed by atoms with Crippen LogP contribution >= 0.6 is 0 Å². The van der Waals surface area contributed by atoms with Gasteiger partial charge in [-0.25, -0.2) is 0 Å². The van der Waals surface area contributed by atoms with Gasteiger partial charge in [-0.05, 0) is 6.42 Å². The number of allylic oxidation sites excluding steroid dienone is 1. The molecule has 1 saturated carbocycles. The van der Waals surface area contributed by atoms with Crippen LogP contribution in [0.3, 0.4) is 0 Å². The first-order valence-corrected chi connectivity index (χ1v) is 3.26. The largest absolute Gasteiger partial charge is 0.327 e. The molecule has 0 aliphatic heterocycles. The van der Waals surface area contributed by atoms with E-state index in [1.165, 1.54) is 0 Å². The molecular weight excluding hydrogens is 114 g/mol. The molecule has 2 rings (SSSR count). The maximum atomic E-state index is 11.0. The van der Waals surface area contributed by atoms with Crippen LogP contribution in [0.2, 0.25) is 0 Å². The van der Waals surface area contributed by atoms with E-state index in [1.807, 2.05) is 12.2 Å². The molecule has 9 heavy (non-hydrogen) atoms. The normalized spacial score (nSPS) is 46.8. The van der Waals surface area contributed by atoms with E-state index in [0.717, 1.165) is 6.42 Å². The van der Waals surface area contributed by atoms with Crippen molar-refractivity contribution in [2.45, 2.75) is 12.5 Å². The van der Waals surface area contributed by atoms with E-state index >= 15 is 0 Å². The Morgan fingerprint density at radius 1 is 1.56 bits per heavy atom. The number of nitrogens with two attached hydrogens (primary N) is 1. The lowest BCUT2D eigenvalue weighted by atomic mass is 10.0. The first-order valence-electron chi connectivity index (χ1n) is 3.26. The minimum absolute atomic E-state index is 0.0648. The van der Waals surface area contributed by atoms with E-state index in [1.54, 1.807) is 0 Å².